The Labute approximate surface area is 141 Å². The average Bonchev–Trinajstić information content (AvgIpc) is 2.98. The number of amides is 1. The molecule has 2 heterocycles. The van der Waals surface area contributed by atoms with Crippen LogP contribution in [0.2, 0.25) is 0 Å². The van der Waals surface area contributed by atoms with Crippen LogP contribution in [-0.2, 0) is 13.0 Å². The molecule has 2 aromatic rings. The highest BCUT2D eigenvalue weighted by Gasteiger charge is 2.30. The van der Waals surface area contributed by atoms with Gasteiger partial charge in [-0.1, -0.05) is 0 Å². The Morgan fingerprint density at radius 3 is 2.79 bits per heavy atom. The van der Waals surface area contributed by atoms with Gasteiger partial charge in [-0.15, -0.1) is 0 Å². The molecule has 3 rings (SSSR count). The number of hydrogen-bond donors (Lipinski definition) is 1. The second-order valence-corrected chi connectivity index (χ2v) is 6.59. The van der Waals surface area contributed by atoms with Crippen LogP contribution in [0.5, 0.6) is 0 Å². The van der Waals surface area contributed by atoms with Crippen molar-refractivity contribution >= 4 is 11.7 Å². The summed E-state index contributed by atoms with van der Waals surface area (Å²) in [7, 11) is 0. The third kappa shape index (κ3) is 3.00. The van der Waals surface area contributed by atoms with Gasteiger partial charge in [-0.05, 0) is 40.2 Å². The molecule has 1 N–H and O–H groups in total. The summed E-state index contributed by atoms with van der Waals surface area (Å²) in [5.41, 5.74) is 2.89. The summed E-state index contributed by atoms with van der Waals surface area (Å²) in [5, 5.41) is 7.38. The molecule has 0 bridgehead atoms. The molecule has 24 heavy (non-hydrogen) atoms. The van der Waals surface area contributed by atoms with Gasteiger partial charge in [0, 0.05) is 24.6 Å². The number of aromatic nitrogens is 2. The molecule has 1 aliphatic carbocycles. The summed E-state index contributed by atoms with van der Waals surface area (Å²) >= 11 is 0. The number of hydrogen-bond acceptors (Lipinski definition) is 4. The number of nitrogens with zero attached hydrogens (tertiary/aromatic N) is 2. The lowest BCUT2D eigenvalue weighted by Gasteiger charge is -2.16. The van der Waals surface area contributed by atoms with E-state index in [0.717, 1.165) is 24.2 Å². The Morgan fingerprint density at radius 2 is 2.12 bits per heavy atom. The van der Waals surface area contributed by atoms with Crippen molar-refractivity contribution < 1.29 is 14.0 Å². The van der Waals surface area contributed by atoms with E-state index in [4.69, 9.17) is 4.42 Å². The smallest absolute Gasteiger partial charge is 0.255 e. The Bertz CT molecular complexity index is 801. The van der Waals surface area contributed by atoms with Crippen molar-refractivity contribution in [2.75, 3.05) is 0 Å². The topological polar surface area (TPSA) is 77.1 Å². The van der Waals surface area contributed by atoms with Crippen LogP contribution < -0.4 is 5.32 Å². The lowest BCUT2D eigenvalue weighted by Crippen LogP contribution is -2.37. The van der Waals surface area contributed by atoms with Gasteiger partial charge >= 0.3 is 0 Å². The van der Waals surface area contributed by atoms with E-state index in [-0.39, 0.29) is 17.7 Å². The first-order valence-corrected chi connectivity index (χ1v) is 8.34. The molecule has 0 spiro atoms. The van der Waals surface area contributed by atoms with Crippen LogP contribution in [0, 0.1) is 20.8 Å². The second-order valence-electron chi connectivity index (χ2n) is 6.59. The average molecular weight is 329 g/mol. The minimum Gasteiger partial charge on any atom is -0.465 e. The van der Waals surface area contributed by atoms with Crippen molar-refractivity contribution in [2.45, 2.75) is 59.5 Å². The van der Waals surface area contributed by atoms with Gasteiger partial charge in [-0.2, -0.15) is 5.10 Å². The predicted molar refractivity (Wildman–Crippen MR) is 89.3 cm³/mol. The molecule has 0 radical (unpaired) electrons. The normalized spacial score (nSPS) is 15.2. The van der Waals surface area contributed by atoms with E-state index in [1.165, 1.54) is 0 Å². The van der Waals surface area contributed by atoms with Crippen LogP contribution in [0.3, 0.4) is 0 Å². The standard InChI is InChI=1S/C18H23N3O3/c1-10-8-12(3)21(20-10)9-11(2)19-18(23)16-13(4)24-15-7-5-6-14(22)17(15)16/h8,11H,5-7,9H2,1-4H3,(H,19,23)/t11-/m1/s1. The molecule has 1 amide bonds. The molecule has 0 aromatic carbocycles. The summed E-state index contributed by atoms with van der Waals surface area (Å²) in [6.07, 6.45) is 1.98. The number of carbonyl (C=O) groups excluding carboxylic acids is 2. The van der Waals surface area contributed by atoms with Gasteiger partial charge in [0.05, 0.1) is 23.4 Å². The molecule has 2 aromatic heterocycles. The van der Waals surface area contributed by atoms with Crippen LogP contribution in [0.15, 0.2) is 10.5 Å². The van der Waals surface area contributed by atoms with E-state index in [1.54, 1.807) is 6.92 Å². The largest absolute Gasteiger partial charge is 0.465 e. The highest BCUT2D eigenvalue weighted by atomic mass is 16.3. The Morgan fingerprint density at radius 1 is 1.38 bits per heavy atom. The van der Waals surface area contributed by atoms with Crippen molar-refractivity contribution in [1.82, 2.24) is 15.1 Å². The maximum atomic E-state index is 12.7. The van der Waals surface area contributed by atoms with Gasteiger partial charge in [-0.3, -0.25) is 14.3 Å². The fourth-order valence-electron chi connectivity index (χ4n) is 3.34. The highest BCUT2D eigenvalue weighted by molar-refractivity contribution is 6.10. The van der Waals surface area contributed by atoms with Crippen LogP contribution in [0.4, 0.5) is 0 Å². The SMILES string of the molecule is Cc1cc(C)n(C[C@@H](C)NC(=O)c2c(C)oc3c2C(=O)CCC3)n1. The number of fused-ring (bicyclic) bond motifs is 1. The van der Waals surface area contributed by atoms with Crippen molar-refractivity contribution in [3.05, 3.63) is 40.1 Å². The summed E-state index contributed by atoms with van der Waals surface area (Å²) < 4.78 is 7.53. The van der Waals surface area contributed by atoms with Crippen LogP contribution in [0.25, 0.3) is 0 Å². The molecule has 128 valence electrons. The summed E-state index contributed by atoms with van der Waals surface area (Å²) in [6, 6.07) is 1.89. The molecule has 0 aliphatic heterocycles. The Kier molecular flexibility index (Phi) is 4.30. The molecule has 6 heteroatoms. The molecule has 0 saturated carbocycles. The number of furan rings is 1. The van der Waals surface area contributed by atoms with Crippen molar-refractivity contribution in [2.24, 2.45) is 0 Å². The fraction of sp³-hybridized carbons (Fsp3) is 0.500. The van der Waals surface area contributed by atoms with E-state index in [2.05, 4.69) is 10.4 Å². The number of aryl methyl sites for hydroxylation is 4. The van der Waals surface area contributed by atoms with Crippen molar-refractivity contribution in [3.8, 4) is 0 Å². The first kappa shape index (κ1) is 16.5. The Balaban J connectivity index is 1.77. The highest BCUT2D eigenvalue weighted by Crippen LogP contribution is 2.29. The van der Waals surface area contributed by atoms with Crippen LogP contribution in [-0.4, -0.2) is 27.5 Å². The number of ketones is 1. The van der Waals surface area contributed by atoms with Crippen LogP contribution >= 0.6 is 0 Å². The third-order valence-electron chi connectivity index (χ3n) is 4.40. The van der Waals surface area contributed by atoms with Crippen molar-refractivity contribution in [1.29, 1.82) is 0 Å². The minimum atomic E-state index is -0.248. The monoisotopic (exact) mass is 329 g/mol. The molecule has 1 aliphatic rings. The van der Waals surface area contributed by atoms with E-state index in [9.17, 15) is 9.59 Å². The molecular weight excluding hydrogens is 306 g/mol. The lowest BCUT2D eigenvalue weighted by atomic mass is 9.93. The molecule has 0 saturated heterocycles. The van der Waals surface area contributed by atoms with E-state index in [1.807, 2.05) is 31.5 Å². The van der Waals surface area contributed by atoms with Gasteiger partial charge in [0.15, 0.2) is 5.78 Å². The maximum absolute atomic E-state index is 12.7. The Hall–Kier alpha value is -2.37. The summed E-state index contributed by atoms with van der Waals surface area (Å²) in [5.74, 6) is 0.928. The molecule has 1 atom stereocenters. The fourth-order valence-corrected chi connectivity index (χ4v) is 3.34. The zero-order valence-electron chi connectivity index (χ0n) is 14.6. The predicted octanol–water partition coefficient (Wildman–Crippen LogP) is 2.74. The van der Waals surface area contributed by atoms with Gasteiger partial charge in [-0.25, -0.2) is 0 Å². The number of carbonyl (C=O) groups is 2. The van der Waals surface area contributed by atoms with Gasteiger partial charge < -0.3 is 9.73 Å². The van der Waals surface area contributed by atoms with E-state index >= 15 is 0 Å². The first-order chi connectivity index (χ1) is 11.4. The van der Waals surface area contributed by atoms with Gasteiger partial charge in [0.2, 0.25) is 0 Å². The van der Waals surface area contributed by atoms with E-state index in [0.29, 0.717) is 35.6 Å². The summed E-state index contributed by atoms with van der Waals surface area (Å²) in [6.45, 7) is 8.19. The molecule has 0 unspecified atom stereocenters. The zero-order valence-corrected chi connectivity index (χ0v) is 14.6. The molecule has 6 nitrogen and oxygen atoms in total. The van der Waals surface area contributed by atoms with Gasteiger partial charge in [0.1, 0.15) is 11.5 Å². The quantitative estimate of drug-likeness (QED) is 0.935. The zero-order chi connectivity index (χ0) is 17.4. The number of rotatable bonds is 4. The third-order valence-corrected chi connectivity index (χ3v) is 4.40. The van der Waals surface area contributed by atoms with Gasteiger partial charge in [0.25, 0.3) is 5.91 Å². The molecular formula is C18H23N3O3. The van der Waals surface area contributed by atoms with E-state index < -0.39 is 0 Å². The molecule has 0 fully saturated rings. The number of nitrogens with one attached hydrogen (secondary N) is 1. The number of Topliss-reactive ketones (excluding diaryl/α,β-unsaturated/α-hetero) is 1. The second kappa shape index (κ2) is 6.26. The summed E-state index contributed by atoms with van der Waals surface area (Å²) in [4.78, 5) is 24.9. The first-order valence-electron chi connectivity index (χ1n) is 8.34. The maximum Gasteiger partial charge on any atom is 0.255 e. The minimum absolute atomic E-state index is 0.00412. The lowest BCUT2D eigenvalue weighted by molar-refractivity contribution is 0.0915. The van der Waals surface area contributed by atoms with Crippen molar-refractivity contribution in [3.63, 3.8) is 0 Å². The van der Waals surface area contributed by atoms with Crippen LogP contribution in [0.1, 0.15) is 63.4 Å².